The first-order valence-electron chi connectivity index (χ1n) is 7.14. The Morgan fingerprint density at radius 2 is 2.10 bits per heavy atom. The van der Waals surface area contributed by atoms with Gasteiger partial charge in [0.2, 0.25) is 5.91 Å². The van der Waals surface area contributed by atoms with Crippen molar-refractivity contribution in [2.45, 2.75) is 32.4 Å². The predicted molar refractivity (Wildman–Crippen MR) is 79.9 cm³/mol. The minimum atomic E-state index is -0.0712. The number of hydrogen-bond acceptors (Lipinski definition) is 3. The van der Waals surface area contributed by atoms with Gasteiger partial charge in [-0.25, -0.2) is 0 Å². The molecule has 4 heteroatoms. The Hall–Kier alpha value is -1.55. The number of fused-ring (bicyclic) bond motifs is 1. The van der Waals surface area contributed by atoms with Crippen molar-refractivity contribution in [2.24, 2.45) is 0 Å². The Morgan fingerprint density at radius 3 is 2.75 bits per heavy atom. The van der Waals surface area contributed by atoms with Gasteiger partial charge in [-0.3, -0.25) is 9.69 Å². The highest BCUT2D eigenvalue weighted by Crippen LogP contribution is 2.24. The number of amides is 1. The summed E-state index contributed by atoms with van der Waals surface area (Å²) in [4.78, 5) is 16.1. The highest BCUT2D eigenvalue weighted by Gasteiger charge is 2.25. The van der Waals surface area contributed by atoms with E-state index in [0.717, 1.165) is 31.7 Å². The van der Waals surface area contributed by atoms with Crippen LogP contribution >= 0.6 is 0 Å². The molecule has 0 N–H and O–H groups in total. The Balaban J connectivity index is 2.18. The molecule has 0 saturated heterocycles. The highest BCUT2D eigenvalue weighted by molar-refractivity contribution is 5.80. The normalized spacial score (nSPS) is 17.0. The molecule has 0 aliphatic carbocycles. The Labute approximate surface area is 121 Å². The number of ether oxygens (including phenoxy) is 1. The van der Waals surface area contributed by atoms with E-state index in [1.165, 1.54) is 11.1 Å². The number of rotatable bonds is 3. The number of nitrogens with zero attached hydrogens (tertiary/aromatic N) is 2. The van der Waals surface area contributed by atoms with Gasteiger partial charge in [0, 0.05) is 20.6 Å². The van der Waals surface area contributed by atoms with Crippen molar-refractivity contribution in [3.63, 3.8) is 0 Å². The van der Waals surface area contributed by atoms with Gasteiger partial charge in [-0.2, -0.15) is 0 Å². The Morgan fingerprint density at radius 1 is 1.35 bits per heavy atom. The molecule has 1 aromatic carbocycles. The summed E-state index contributed by atoms with van der Waals surface area (Å²) in [5.74, 6) is 1.08. The fraction of sp³-hybridized carbons (Fsp3) is 0.562. The summed E-state index contributed by atoms with van der Waals surface area (Å²) in [7, 11) is 5.33. The van der Waals surface area contributed by atoms with Gasteiger partial charge in [0.1, 0.15) is 5.75 Å². The molecular formula is C16H24N2O2. The molecule has 1 unspecified atom stereocenters. The van der Waals surface area contributed by atoms with Crippen LogP contribution in [-0.4, -0.2) is 49.5 Å². The van der Waals surface area contributed by atoms with Crippen LogP contribution in [0.25, 0.3) is 0 Å². The average molecular weight is 276 g/mol. The standard InChI is InChI=1S/C16H24N2O2/c1-12(16(19)17(2)3)18-9-5-6-13-10-15(20-4)8-7-14(13)11-18/h7-8,10,12H,5-6,9,11H2,1-4H3. The van der Waals surface area contributed by atoms with Crippen LogP contribution in [0.4, 0.5) is 0 Å². The molecule has 1 heterocycles. The van der Waals surface area contributed by atoms with Gasteiger partial charge in [-0.05, 0) is 49.6 Å². The molecule has 1 aromatic rings. The van der Waals surface area contributed by atoms with Gasteiger partial charge < -0.3 is 9.64 Å². The maximum absolute atomic E-state index is 12.1. The first-order valence-corrected chi connectivity index (χ1v) is 7.14. The summed E-state index contributed by atoms with van der Waals surface area (Å²) in [5, 5.41) is 0. The lowest BCUT2D eigenvalue weighted by molar-refractivity contribution is -0.134. The van der Waals surface area contributed by atoms with Crippen LogP contribution in [0.2, 0.25) is 0 Å². The number of benzene rings is 1. The van der Waals surface area contributed by atoms with E-state index in [2.05, 4.69) is 17.0 Å². The molecule has 0 radical (unpaired) electrons. The minimum absolute atomic E-state index is 0.0712. The topological polar surface area (TPSA) is 32.8 Å². The van der Waals surface area contributed by atoms with E-state index >= 15 is 0 Å². The molecule has 0 aromatic heterocycles. The molecule has 1 aliphatic heterocycles. The van der Waals surface area contributed by atoms with Gasteiger partial charge in [0.15, 0.2) is 0 Å². The lowest BCUT2D eigenvalue weighted by atomic mass is 10.0. The predicted octanol–water partition coefficient (Wildman–Crippen LogP) is 1.92. The van der Waals surface area contributed by atoms with Crippen LogP contribution in [0.5, 0.6) is 5.75 Å². The first kappa shape index (κ1) is 14.9. The van der Waals surface area contributed by atoms with Gasteiger partial charge in [0.05, 0.1) is 13.2 Å². The fourth-order valence-electron chi connectivity index (χ4n) is 2.75. The minimum Gasteiger partial charge on any atom is -0.497 e. The third-order valence-corrected chi connectivity index (χ3v) is 4.02. The second-order valence-corrected chi connectivity index (χ2v) is 5.62. The molecule has 0 bridgehead atoms. The van der Waals surface area contributed by atoms with E-state index in [1.54, 1.807) is 12.0 Å². The zero-order chi connectivity index (χ0) is 14.7. The monoisotopic (exact) mass is 276 g/mol. The van der Waals surface area contributed by atoms with Crippen molar-refractivity contribution in [1.29, 1.82) is 0 Å². The van der Waals surface area contributed by atoms with Gasteiger partial charge in [-0.1, -0.05) is 6.07 Å². The smallest absolute Gasteiger partial charge is 0.239 e. The van der Waals surface area contributed by atoms with Gasteiger partial charge in [-0.15, -0.1) is 0 Å². The molecule has 110 valence electrons. The quantitative estimate of drug-likeness (QED) is 0.845. The molecule has 0 saturated carbocycles. The van der Waals surface area contributed by atoms with Crippen molar-refractivity contribution in [2.75, 3.05) is 27.7 Å². The Kier molecular flexibility index (Phi) is 4.65. The molecule has 4 nitrogen and oxygen atoms in total. The van der Waals surface area contributed by atoms with E-state index in [0.29, 0.717) is 0 Å². The molecular weight excluding hydrogens is 252 g/mol. The zero-order valence-electron chi connectivity index (χ0n) is 12.8. The summed E-state index contributed by atoms with van der Waals surface area (Å²) < 4.78 is 5.29. The Bertz CT molecular complexity index is 485. The summed E-state index contributed by atoms with van der Waals surface area (Å²) >= 11 is 0. The number of likely N-dealkylation sites (N-methyl/N-ethyl adjacent to an activating group) is 1. The summed E-state index contributed by atoms with van der Waals surface area (Å²) in [6, 6.07) is 6.18. The van der Waals surface area contributed by atoms with Gasteiger partial charge in [0.25, 0.3) is 0 Å². The highest BCUT2D eigenvalue weighted by atomic mass is 16.5. The van der Waals surface area contributed by atoms with Crippen molar-refractivity contribution >= 4 is 5.91 Å². The van der Waals surface area contributed by atoms with Crippen molar-refractivity contribution in [3.8, 4) is 5.75 Å². The lowest BCUT2D eigenvalue weighted by Crippen LogP contribution is -2.44. The van der Waals surface area contributed by atoms with E-state index < -0.39 is 0 Å². The largest absolute Gasteiger partial charge is 0.497 e. The van der Waals surface area contributed by atoms with Crippen LogP contribution < -0.4 is 4.74 Å². The van der Waals surface area contributed by atoms with Crippen LogP contribution in [-0.2, 0) is 17.8 Å². The molecule has 1 atom stereocenters. The maximum atomic E-state index is 12.1. The molecule has 20 heavy (non-hydrogen) atoms. The van der Waals surface area contributed by atoms with Crippen LogP contribution in [0.15, 0.2) is 18.2 Å². The van der Waals surface area contributed by atoms with E-state index in [4.69, 9.17) is 4.74 Å². The molecule has 0 spiro atoms. The molecule has 2 rings (SSSR count). The van der Waals surface area contributed by atoms with Crippen molar-refractivity contribution in [3.05, 3.63) is 29.3 Å². The molecule has 1 aliphatic rings. The van der Waals surface area contributed by atoms with Crippen molar-refractivity contribution < 1.29 is 9.53 Å². The second kappa shape index (κ2) is 6.27. The number of aryl methyl sites for hydroxylation is 1. The number of carbonyl (C=O) groups excluding carboxylic acids is 1. The third kappa shape index (κ3) is 3.12. The summed E-state index contributed by atoms with van der Waals surface area (Å²) in [5.41, 5.74) is 2.65. The average Bonchev–Trinajstić information content (AvgIpc) is 2.66. The van der Waals surface area contributed by atoms with E-state index in [-0.39, 0.29) is 11.9 Å². The van der Waals surface area contributed by atoms with Crippen LogP contribution in [0, 0.1) is 0 Å². The van der Waals surface area contributed by atoms with Crippen molar-refractivity contribution in [1.82, 2.24) is 9.80 Å². The zero-order valence-corrected chi connectivity index (χ0v) is 12.8. The van der Waals surface area contributed by atoms with Gasteiger partial charge >= 0.3 is 0 Å². The summed E-state index contributed by atoms with van der Waals surface area (Å²) in [6.07, 6.45) is 2.12. The molecule has 1 amide bonds. The van der Waals surface area contributed by atoms with Crippen LogP contribution in [0.3, 0.4) is 0 Å². The first-order chi connectivity index (χ1) is 9.52. The maximum Gasteiger partial charge on any atom is 0.239 e. The second-order valence-electron chi connectivity index (χ2n) is 5.62. The number of hydrogen-bond donors (Lipinski definition) is 0. The fourth-order valence-corrected chi connectivity index (χ4v) is 2.75. The SMILES string of the molecule is COc1ccc2c(c1)CCCN(C(C)C(=O)N(C)C)C2. The van der Waals surface area contributed by atoms with Crippen LogP contribution in [0.1, 0.15) is 24.5 Å². The number of methoxy groups -OCH3 is 1. The number of carbonyl (C=O) groups is 1. The molecule has 0 fully saturated rings. The lowest BCUT2D eigenvalue weighted by Gasteiger charge is -2.29. The summed E-state index contributed by atoms with van der Waals surface area (Å²) in [6.45, 7) is 3.79. The van der Waals surface area contributed by atoms with E-state index in [9.17, 15) is 4.79 Å². The third-order valence-electron chi connectivity index (χ3n) is 4.02. The van der Waals surface area contributed by atoms with E-state index in [1.807, 2.05) is 27.1 Å².